The molecule has 1 N–H and O–H groups in total. The smallest absolute Gasteiger partial charge is 0.0345 e. The van der Waals surface area contributed by atoms with Gasteiger partial charge in [-0.25, -0.2) is 0 Å². The summed E-state index contributed by atoms with van der Waals surface area (Å²) >= 11 is 0. The highest BCUT2D eigenvalue weighted by molar-refractivity contribution is 5.37. The van der Waals surface area contributed by atoms with Gasteiger partial charge in [0.2, 0.25) is 0 Å². The molecule has 0 saturated carbocycles. The van der Waals surface area contributed by atoms with Crippen LogP contribution in [0.3, 0.4) is 0 Å². The second-order valence-corrected chi connectivity index (χ2v) is 2.81. The van der Waals surface area contributed by atoms with Crippen molar-refractivity contribution in [2.24, 2.45) is 0 Å². The lowest BCUT2D eigenvalue weighted by Gasteiger charge is -2.03. The molecule has 1 nitrogen and oxygen atoms in total. The van der Waals surface area contributed by atoms with E-state index >= 15 is 0 Å². The molecule has 0 unspecified atom stereocenters. The van der Waals surface area contributed by atoms with E-state index in [9.17, 15) is 0 Å². The Hall–Kier alpha value is -1.50. The van der Waals surface area contributed by atoms with Crippen LogP contribution in [0.2, 0.25) is 0 Å². The van der Waals surface area contributed by atoms with E-state index in [0.717, 1.165) is 17.8 Å². The van der Waals surface area contributed by atoms with Gasteiger partial charge in [-0.2, -0.15) is 0 Å². The Kier molecular flexibility index (Phi) is 3.83. The van der Waals surface area contributed by atoms with Gasteiger partial charge in [0.1, 0.15) is 0 Å². The maximum Gasteiger partial charge on any atom is 0.0345 e. The van der Waals surface area contributed by atoms with Crippen LogP contribution in [-0.4, -0.2) is 6.54 Å². The minimum Gasteiger partial charge on any atom is -0.385 e. The number of rotatable bonds is 2. The van der Waals surface area contributed by atoms with Crippen LogP contribution in [0.4, 0.5) is 0 Å². The van der Waals surface area contributed by atoms with Crippen molar-refractivity contribution in [1.29, 1.82) is 0 Å². The Morgan fingerprint density at radius 1 is 1.15 bits per heavy atom. The predicted octanol–water partition coefficient (Wildman–Crippen LogP) is 2.72. The number of nitrogens with one attached hydrogen (secondary N) is 1. The standard InChI is InChI=1S/C12H15N/c1-3-13-12-9-7-5-4-6-8-11(2)10-12/h4-10,13H,2-3H2,1H3/b5-4+,8-6?,9-7-,12-10+. The Morgan fingerprint density at radius 2 is 1.85 bits per heavy atom. The predicted molar refractivity (Wildman–Crippen MR) is 58.3 cm³/mol. The first kappa shape index (κ1) is 9.59. The lowest BCUT2D eigenvalue weighted by atomic mass is 10.2. The lowest BCUT2D eigenvalue weighted by Crippen LogP contribution is -2.10. The van der Waals surface area contributed by atoms with Crippen LogP contribution in [-0.2, 0) is 0 Å². The summed E-state index contributed by atoms with van der Waals surface area (Å²) < 4.78 is 0. The van der Waals surface area contributed by atoms with E-state index in [-0.39, 0.29) is 0 Å². The molecule has 1 aliphatic carbocycles. The maximum absolute atomic E-state index is 3.92. The van der Waals surface area contributed by atoms with E-state index in [1.807, 2.05) is 42.5 Å². The molecule has 0 atom stereocenters. The van der Waals surface area contributed by atoms with Gasteiger partial charge in [0.25, 0.3) is 0 Å². The highest BCUT2D eigenvalue weighted by Crippen LogP contribution is 2.03. The maximum atomic E-state index is 3.92. The Morgan fingerprint density at radius 3 is 2.54 bits per heavy atom. The van der Waals surface area contributed by atoms with Gasteiger partial charge in [0, 0.05) is 12.2 Å². The van der Waals surface area contributed by atoms with Gasteiger partial charge in [-0.1, -0.05) is 37.0 Å². The summed E-state index contributed by atoms with van der Waals surface area (Å²) in [5.74, 6) is 0. The molecule has 1 heteroatoms. The minimum absolute atomic E-state index is 0.927. The van der Waals surface area contributed by atoms with Crippen molar-refractivity contribution in [3.63, 3.8) is 0 Å². The molecule has 68 valence electrons. The fraction of sp³-hybridized carbons (Fsp3) is 0.167. The molecule has 1 aliphatic rings. The molecule has 0 fully saturated rings. The number of hydrogen-bond acceptors (Lipinski definition) is 1. The van der Waals surface area contributed by atoms with E-state index in [1.165, 1.54) is 0 Å². The molecule has 0 spiro atoms. The fourth-order valence-electron chi connectivity index (χ4n) is 1.08. The second-order valence-electron chi connectivity index (χ2n) is 2.81. The fourth-order valence-corrected chi connectivity index (χ4v) is 1.08. The zero-order chi connectivity index (χ0) is 9.52. The molecule has 0 aromatic rings. The van der Waals surface area contributed by atoms with E-state index < -0.39 is 0 Å². The van der Waals surface area contributed by atoms with Crippen molar-refractivity contribution in [2.75, 3.05) is 6.54 Å². The zero-order valence-electron chi connectivity index (χ0n) is 7.96. The van der Waals surface area contributed by atoms with Crippen LogP contribution < -0.4 is 5.32 Å². The van der Waals surface area contributed by atoms with Crippen LogP contribution in [0.25, 0.3) is 0 Å². The van der Waals surface area contributed by atoms with E-state index in [2.05, 4.69) is 18.8 Å². The SMILES string of the molecule is C=C1C=C/C=C/C=C\C(NCC)=C/1. The largest absolute Gasteiger partial charge is 0.385 e. The molecule has 0 bridgehead atoms. The Balaban J connectivity index is 2.84. The zero-order valence-corrected chi connectivity index (χ0v) is 7.96. The quantitative estimate of drug-likeness (QED) is 0.677. The number of allylic oxidation sites excluding steroid dienone is 8. The molecular formula is C12H15N. The molecule has 0 aliphatic heterocycles. The van der Waals surface area contributed by atoms with Crippen LogP contribution in [0.1, 0.15) is 6.92 Å². The molecule has 0 aromatic heterocycles. The average Bonchev–Trinajstić information content (AvgIpc) is 2.18. The molecule has 13 heavy (non-hydrogen) atoms. The normalized spacial score (nSPS) is 25.0. The second kappa shape index (κ2) is 5.20. The molecule has 0 heterocycles. The van der Waals surface area contributed by atoms with Gasteiger partial charge >= 0.3 is 0 Å². The Bertz CT molecular complexity index is 290. The first-order chi connectivity index (χ1) is 6.33. The van der Waals surface area contributed by atoms with E-state index in [0.29, 0.717) is 0 Å². The first-order valence-corrected chi connectivity index (χ1v) is 4.49. The van der Waals surface area contributed by atoms with Crippen molar-refractivity contribution in [1.82, 2.24) is 5.32 Å². The molecule has 0 amide bonds. The third-order valence-corrected chi connectivity index (χ3v) is 1.64. The van der Waals surface area contributed by atoms with E-state index in [1.54, 1.807) is 0 Å². The van der Waals surface area contributed by atoms with E-state index in [4.69, 9.17) is 0 Å². The van der Waals surface area contributed by atoms with Crippen LogP contribution >= 0.6 is 0 Å². The van der Waals surface area contributed by atoms with Crippen molar-refractivity contribution >= 4 is 0 Å². The van der Waals surface area contributed by atoms with Crippen LogP contribution in [0.5, 0.6) is 0 Å². The summed E-state index contributed by atoms with van der Waals surface area (Å²) in [6, 6.07) is 0. The minimum atomic E-state index is 0.927. The third kappa shape index (κ3) is 3.61. The van der Waals surface area contributed by atoms with Gasteiger partial charge in [-0.15, -0.1) is 0 Å². The van der Waals surface area contributed by atoms with Crippen molar-refractivity contribution in [3.05, 3.63) is 60.4 Å². The first-order valence-electron chi connectivity index (χ1n) is 4.49. The number of hydrogen-bond donors (Lipinski definition) is 1. The Labute approximate surface area is 79.8 Å². The summed E-state index contributed by atoms with van der Waals surface area (Å²) in [7, 11) is 0. The summed E-state index contributed by atoms with van der Waals surface area (Å²) in [6.07, 6.45) is 14.0. The van der Waals surface area contributed by atoms with Crippen LogP contribution in [0.15, 0.2) is 60.4 Å². The summed E-state index contributed by atoms with van der Waals surface area (Å²) in [5.41, 5.74) is 2.11. The van der Waals surface area contributed by atoms with Gasteiger partial charge < -0.3 is 5.32 Å². The van der Waals surface area contributed by atoms with Gasteiger partial charge in [0.05, 0.1) is 0 Å². The third-order valence-electron chi connectivity index (χ3n) is 1.64. The molecule has 0 saturated heterocycles. The molecular weight excluding hydrogens is 158 g/mol. The van der Waals surface area contributed by atoms with Crippen LogP contribution in [0, 0.1) is 0 Å². The lowest BCUT2D eigenvalue weighted by molar-refractivity contribution is 0.878. The summed E-state index contributed by atoms with van der Waals surface area (Å²) in [4.78, 5) is 0. The number of likely N-dealkylation sites (N-methyl/N-ethyl adjacent to an activating group) is 1. The van der Waals surface area contributed by atoms with Crippen molar-refractivity contribution in [2.45, 2.75) is 6.92 Å². The van der Waals surface area contributed by atoms with Gasteiger partial charge in [-0.05, 0) is 24.6 Å². The highest BCUT2D eigenvalue weighted by atomic mass is 14.9. The molecule has 0 aromatic carbocycles. The van der Waals surface area contributed by atoms with Crippen molar-refractivity contribution < 1.29 is 0 Å². The van der Waals surface area contributed by atoms with Crippen molar-refractivity contribution in [3.8, 4) is 0 Å². The molecule has 1 rings (SSSR count). The average molecular weight is 173 g/mol. The molecule has 0 radical (unpaired) electrons. The van der Waals surface area contributed by atoms with Gasteiger partial charge in [-0.3, -0.25) is 0 Å². The summed E-state index contributed by atoms with van der Waals surface area (Å²) in [6.45, 7) is 6.93. The van der Waals surface area contributed by atoms with Gasteiger partial charge in [0.15, 0.2) is 0 Å². The highest BCUT2D eigenvalue weighted by Gasteiger charge is 1.90. The monoisotopic (exact) mass is 173 g/mol. The summed E-state index contributed by atoms with van der Waals surface area (Å²) in [5, 5.41) is 3.26. The topological polar surface area (TPSA) is 12.0 Å².